The van der Waals surface area contributed by atoms with Crippen LogP contribution in [0.5, 0.6) is 0 Å². The number of hydrogen-bond acceptors (Lipinski definition) is 3. The zero-order valence-electron chi connectivity index (χ0n) is 9.34. The van der Waals surface area contributed by atoms with Crippen molar-refractivity contribution < 1.29 is 0 Å². The van der Waals surface area contributed by atoms with E-state index in [0.29, 0.717) is 0 Å². The second kappa shape index (κ2) is 6.08. The number of nitrogens with zero attached hydrogens (tertiary/aromatic N) is 2. The molecule has 0 saturated heterocycles. The molecule has 2 heterocycles. The van der Waals surface area contributed by atoms with E-state index < -0.39 is 0 Å². The maximum Gasteiger partial charge on any atom is 0.0680 e. The van der Waals surface area contributed by atoms with Crippen LogP contribution in [-0.4, -0.2) is 29.6 Å². The van der Waals surface area contributed by atoms with Crippen molar-refractivity contribution in [2.75, 3.05) is 19.8 Å². The molecule has 16 heavy (non-hydrogen) atoms. The highest BCUT2D eigenvalue weighted by molar-refractivity contribution is 5.08. The van der Waals surface area contributed by atoms with Crippen LogP contribution in [0.2, 0.25) is 0 Å². The van der Waals surface area contributed by atoms with E-state index >= 15 is 0 Å². The van der Waals surface area contributed by atoms with Gasteiger partial charge in [0.1, 0.15) is 0 Å². The predicted octanol–water partition coefficient (Wildman–Crippen LogP) is 1.56. The number of nitrogens with one attached hydrogen (secondary N) is 1. The average molecular weight is 215 g/mol. The summed E-state index contributed by atoms with van der Waals surface area (Å²) in [6.07, 6.45) is 11.2. The first-order valence-electron chi connectivity index (χ1n) is 5.63. The van der Waals surface area contributed by atoms with Crippen molar-refractivity contribution in [3.05, 3.63) is 54.5 Å². The molecule has 0 bridgehead atoms. The van der Waals surface area contributed by atoms with Crippen molar-refractivity contribution in [3.8, 4) is 0 Å². The van der Waals surface area contributed by atoms with Crippen molar-refractivity contribution in [2.45, 2.75) is 6.42 Å². The Labute approximate surface area is 96.5 Å². The van der Waals surface area contributed by atoms with E-state index in [0.717, 1.165) is 31.9 Å². The van der Waals surface area contributed by atoms with Crippen LogP contribution < -0.4 is 5.32 Å². The molecule has 1 aliphatic rings. The topological polar surface area (TPSA) is 28.2 Å². The fourth-order valence-electron chi connectivity index (χ4n) is 1.61. The lowest BCUT2D eigenvalue weighted by Gasteiger charge is -2.20. The Balaban J connectivity index is 1.62. The Hall–Kier alpha value is -1.61. The quantitative estimate of drug-likeness (QED) is 0.755. The monoisotopic (exact) mass is 215 g/mol. The molecule has 3 heteroatoms. The van der Waals surface area contributed by atoms with Crippen LogP contribution in [0.25, 0.3) is 0 Å². The summed E-state index contributed by atoms with van der Waals surface area (Å²) in [6.45, 7) is 2.85. The molecule has 1 aromatic rings. The van der Waals surface area contributed by atoms with Gasteiger partial charge in [-0.25, -0.2) is 0 Å². The number of aromatic nitrogens is 1. The van der Waals surface area contributed by atoms with E-state index in [4.69, 9.17) is 0 Å². The molecule has 1 aliphatic heterocycles. The lowest BCUT2D eigenvalue weighted by atomic mass is 10.3. The highest BCUT2D eigenvalue weighted by atomic mass is 15.2. The van der Waals surface area contributed by atoms with E-state index in [1.165, 1.54) is 0 Å². The first-order valence-corrected chi connectivity index (χ1v) is 5.63. The molecule has 0 aromatic carbocycles. The van der Waals surface area contributed by atoms with Gasteiger partial charge in [0, 0.05) is 37.6 Å². The summed E-state index contributed by atoms with van der Waals surface area (Å²) >= 11 is 0. The maximum absolute atomic E-state index is 4.28. The van der Waals surface area contributed by atoms with Gasteiger partial charge < -0.3 is 4.90 Å². The van der Waals surface area contributed by atoms with Crippen LogP contribution >= 0.6 is 0 Å². The molecular formula is C13H17N3. The molecule has 1 N–H and O–H groups in total. The third kappa shape index (κ3) is 3.51. The molecule has 0 aliphatic carbocycles. The molecule has 84 valence electrons. The van der Waals surface area contributed by atoms with E-state index in [1.807, 2.05) is 18.3 Å². The summed E-state index contributed by atoms with van der Waals surface area (Å²) < 4.78 is 0. The third-order valence-corrected chi connectivity index (χ3v) is 2.48. The van der Waals surface area contributed by atoms with E-state index in [-0.39, 0.29) is 0 Å². The van der Waals surface area contributed by atoms with E-state index in [9.17, 15) is 0 Å². The number of hydrogen-bond donors (Lipinski definition) is 1. The van der Waals surface area contributed by atoms with Crippen molar-refractivity contribution in [1.82, 2.24) is 15.2 Å². The summed E-state index contributed by atoms with van der Waals surface area (Å²) in [5.74, 6) is 0. The highest BCUT2D eigenvalue weighted by Gasteiger charge is 1.98. The second-order valence-electron chi connectivity index (χ2n) is 3.77. The van der Waals surface area contributed by atoms with Crippen molar-refractivity contribution in [3.63, 3.8) is 0 Å². The minimum Gasteiger partial charge on any atom is -0.361 e. The largest absolute Gasteiger partial charge is 0.361 e. The second-order valence-corrected chi connectivity index (χ2v) is 3.77. The van der Waals surface area contributed by atoms with Crippen LogP contribution in [0.1, 0.15) is 5.69 Å². The molecule has 3 nitrogen and oxygen atoms in total. The highest BCUT2D eigenvalue weighted by Crippen LogP contribution is 1.96. The number of rotatable bonds is 5. The molecule has 0 unspecified atom stereocenters. The van der Waals surface area contributed by atoms with Gasteiger partial charge in [-0.2, -0.15) is 0 Å². The Kier molecular flexibility index (Phi) is 4.14. The molecule has 0 spiro atoms. The molecule has 2 rings (SSSR count). The molecule has 0 atom stereocenters. The third-order valence-electron chi connectivity index (χ3n) is 2.48. The lowest BCUT2D eigenvalue weighted by Crippen LogP contribution is -2.32. The van der Waals surface area contributed by atoms with E-state index in [2.05, 4.69) is 45.7 Å². The van der Waals surface area contributed by atoms with Gasteiger partial charge in [-0.15, -0.1) is 0 Å². The summed E-state index contributed by atoms with van der Waals surface area (Å²) in [5, 5.41) is 3.40. The number of pyridine rings is 1. The standard InChI is InChI=1S/C13H17N3/c1-4-10-16(11-5-1)12-14-9-7-13-6-2-3-8-15-13/h1-6,8,10,14H,7,9,11-12H2. The van der Waals surface area contributed by atoms with Gasteiger partial charge in [0.15, 0.2) is 0 Å². The maximum atomic E-state index is 4.28. The molecule has 1 aromatic heterocycles. The molecule has 0 saturated carbocycles. The number of allylic oxidation sites excluding steroid dienone is 2. The predicted molar refractivity (Wildman–Crippen MR) is 65.8 cm³/mol. The van der Waals surface area contributed by atoms with Gasteiger partial charge in [0.2, 0.25) is 0 Å². The van der Waals surface area contributed by atoms with Crippen LogP contribution in [0.3, 0.4) is 0 Å². The fraction of sp³-hybridized carbons (Fsp3) is 0.308. The summed E-state index contributed by atoms with van der Waals surface area (Å²) in [6, 6.07) is 6.04. The van der Waals surface area contributed by atoms with Gasteiger partial charge in [-0.1, -0.05) is 18.2 Å². The van der Waals surface area contributed by atoms with Crippen molar-refractivity contribution >= 4 is 0 Å². The van der Waals surface area contributed by atoms with Gasteiger partial charge >= 0.3 is 0 Å². The van der Waals surface area contributed by atoms with E-state index in [1.54, 1.807) is 0 Å². The Bertz CT molecular complexity index is 357. The van der Waals surface area contributed by atoms with Crippen LogP contribution in [0.4, 0.5) is 0 Å². The minimum atomic E-state index is 0.897. The SMILES string of the molecule is C1=CCN(CNCCc2ccccn2)C=C1. The van der Waals surface area contributed by atoms with Gasteiger partial charge in [-0.05, 0) is 18.2 Å². The molecular weight excluding hydrogens is 198 g/mol. The first-order chi connectivity index (χ1) is 7.95. The first kappa shape index (κ1) is 10.9. The molecule has 0 amide bonds. The average Bonchev–Trinajstić information content (AvgIpc) is 2.37. The Morgan fingerprint density at radius 1 is 1.31 bits per heavy atom. The molecule has 0 radical (unpaired) electrons. The Morgan fingerprint density at radius 3 is 3.06 bits per heavy atom. The van der Waals surface area contributed by atoms with Gasteiger partial charge in [0.05, 0.1) is 6.67 Å². The van der Waals surface area contributed by atoms with Crippen molar-refractivity contribution in [1.29, 1.82) is 0 Å². The smallest absolute Gasteiger partial charge is 0.0680 e. The summed E-state index contributed by atoms with van der Waals surface area (Å²) in [4.78, 5) is 6.52. The van der Waals surface area contributed by atoms with Crippen LogP contribution in [-0.2, 0) is 6.42 Å². The summed E-state index contributed by atoms with van der Waals surface area (Å²) in [5.41, 5.74) is 1.14. The fourth-order valence-corrected chi connectivity index (χ4v) is 1.61. The lowest BCUT2D eigenvalue weighted by molar-refractivity contribution is 0.373. The van der Waals surface area contributed by atoms with Crippen LogP contribution in [0, 0.1) is 0 Å². The molecule has 0 fully saturated rings. The zero-order valence-corrected chi connectivity index (χ0v) is 9.34. The zero-order chi connectivity index (χ0) is 11.1. The minimum absolute atomic E-state index is 0.897. The van der Waals surface area contributed by atoms with Crippen molar-refractivity contribution in [2.24, 2.45) is 0 Å². The summed E-state index contributed by atoms with van der Waals surface area (Å²) in [7, 11) is 0. The van der Waals surface area contributed by atoms with Crippen LogP contribution in [0.15, 0.2) is 48.8 Å². The van der Waals surface area contributed by atoms with Gasteiger partial charge in [0.25, 0.3) is 0 Å². The normalized spacial score (nSPS) is 14.4. The Morgan fingerprint density at radius 2 is 2.31 bits per heavy atom. The van der Waals surface area contributed by atoms with Gasteiger partial charge in [-0.3, -0.25) is 10.3 Å².